The van der Waals surface area contributed by atoms with Gasteiger partial charge >= 0.3 is 0 Å². The molecular formula is C30H57N5O16. The molecule has 21 nitrogen and oxygen atoms in total. The van der Waals surface area contributed by atoms with Gasteiger partial charge in [0.1, 0.15) is 61.0 Å². The summed E-state index contributed by atoms with van der Waals surface area (Å²) in [5.74, 6) is 0. The van der Waals surface area contributed by atoms with E-state index in [4.69, 9.17) is 71.3 Å². The highest BCUT2D eigenvalue weighted by atomic mass is 16.8. The van der Waals surface area contributed by atoms with Crippen molar-refractivity contribution in [3.8, 4) is 0 Å². The molecule has 0 radical (unpaired) electrons. The third-order valence-electron chi connectivity index (χ3n) is 10.7. The van der Waals surface area contributed by atoms with Crippen LogP contribution in [-0.2, 0) is 42.6 Å². The molecule has 0 aromatic carbocycles. The smallest absolute Gasteiger partial charge is 0.187 e. The number of aliphatic hydroxyl groups excluding tert-OH is 7. The van der Waals surface area contributed by atoms with Crippen molar-refractivity contribution in [1.82, 2.24) is 0 Å². The first kappa shape index (κ1) is 41.3. The lowest BCUT2D eigenvalue weighted by Gasteiger charge is -2.50. The van der Waals surface area contributed by atoms with E-state index in [2.05, 4.69) is 0 Å². The average molecular weight is 744 g/mol. The van der Waals surface area contributed by atoms with Crippen LogP contribution in [0.15, 0.2) is 0 Å². The lowest BCUT2D eigenvalue weighted by molar-refractivity contribution is -0.393. The number of aliphatic hydroxyl groups is 7. The van der Waals surface area contributed by atoms with E-state index in [0.717, 1.165) is 0 Å². The van der Waals surface area contributed by atoms with Crippen molar-refractivity contribution in [3.63, 3.8) is 0 Å². The second-order valence-electron chi connectivity index (χ2n) is 14.3. The third-order valence-corrected chi connectivity index (χ3v) is 10.7. The predicted molar refractivity (Wildman–Crippen MR) is 169 cm³/mol. The first-order valence-corrected chi connectivity index (χ1v) is 17.3. The molecule has 0 unspecified atom stereocenters. The van der Waals surface area contributed by atoms with Crippen LogP contribution in [0.3, 0.4) is 0 Å². The molecule has 5 saturated heterocycles. The summed E-state index contributed by atoms with van der Waals surface area (Å²) >= 11 is 0. The molecule has 0 bridgehead atoms. The number of nitrogens with two attached hydrogens (primary N) is 5. The Labute approximate surface area is 295 Å². The maximum atomic E-state index is 11.4. The van der Waals surface area contributed by atoms with Gasteiger partial charge in [-0.3, -0.25) is 0 Å². The van der Waals surface area contributed by atoms with Crippen molar-refractivity contribution < 1.29 is 78.4 Å². The SMILES string of the molecule is C[C@H]1O[C@H](O[C@@H]2[C@@H](O[C@@H]3[C@@H](O[C@@H]4[C@@H](O[C@H]5[C@@H](O)[C@H](N)[C@@H](C)O[C@@H]5O)O[C@H](C)[C@@H](N)[C@@H]4O)O[C@H](C)[C@@H](N)[C@@H]3O)O[C@H](C)[C@@H](N)[C@@H]2O)[C@@H](O)[C@@H](O)[C@@H]1N. The Hall–Kier alpha value is -0.840. The number of hydrogen-bond donors (Lipinski definition) is 12. The molecule has 0 amide bonds. The summed E-state index contributed by atoms with van der Waals surface area (Å²) in [7, 11) is 0. The van der Waals surface area contributed by atoms with Crippen molar-refractivity contribution >= 4 is 0 Å². The maximum Gasteiger partial charge on any atom is 0.187 e. The predicted octanol–water partition coefficient (Wildman–Crippen LogP) is -6.95. The molecule has 17 N–H and O–H groups in total. The van der Waals surface area contributed by atoms with E-state index < -0.39 is 153 Å². The molecule has 0 spiro atoms. The lowest BCUT2D eigenvalue weighted by Crippen LogP contribution is -2.69. The van der Waals surface area contributed by atoms with Gasteiger partial charge in [-0.05, 0) is 34.6 Å². The van der Waals surface area contributed by atoms with Crippen LogP contribution < -0.4 is 28.7 Å². The van der Waals surface area contributed by atoms with Crippen LogP contribution in [-0.4, -0.2) is 189 Å². The molecule has 21 heteroatoms. The molecule has 5 rings (SSSR count). The Morgan fingerprint density at radius 1 is 0.333 bits per heavy atom. The zero-order valence-electron chi connectivity index (χ0n) is 29.1. The lowest BCUT2D eigenvalue weighted by atomic mass is 9.94. The van der Waals surface area contributed by atoms with Gasteiger partial charge in [0.15, 0.2) is 31.5 Å². The van der Waals surface area contributed by atoms with Crippen molar-refractivity contribution in [2.75, 3.05) is 0 Å². The van der Waals surface area contributed by atoms with Crippen LogP contribution in [0.4, 0.5) is 0 Å². The van der Waals surface area contributed by atoms with Crippen LogP contribution in [0.2, 0.25) is 0 Å². The molecule has 0 aliphatic carbocycles. The fraction of sp³-hybridized carbons (Fsp3) is 1.00. The van der Waals surface area contributed by atoms with Gasteiger partial charge in [-0.1, -0.05) is 0 Å². The Morgan fingerprint density at radius 3 is 0.961 bits per heavy atom. The number of rotatable bonds is 8. The Balaban J connectivity index is 1.40. The fourth-order valence-electron chi connectivity index (χ4n) is 6.86. The van der Waals surface area contributed by atoms with E-state index in [0.29, 0.717) is 0 Å². The fourth-order valence-corrected chi connectivity index (χ4v) is 6.86. The minimum Gasteiger partial charge on any atom is -0.388 e. The Morgan fingerprint density at radius 2 is 0.588 bits per heavy atom. The summed E-state index contributed by atoms with van der Waals surface area (Å²) in [6, 6.07) is -4.95. The van der Waals surface area contributed by atoms with E-state index in [9.17, 15) is 35.7 Å². The van der Waals surface area contributed by atoms with Gasteiger partial charge in [-0.2, -0.15) is 0 Å². The molecule has 5 aliphatic rings. The molecular weight excluding hydrogens is 686 g/mol. The number of hydrogen-bond acceptors (Lipinski definition) is 21. The molecule has 25 atom stereocenters. The van der Waals surface area contributed by atoms with Crippen LogP contribution in [0.1, 0.15) is 34.6 Å². The summed E-state index contributed by atoms with van der Waals surface area (Å²) in [6.45, 7) is 7.84. The minimum absolute atomic E-state index is 0.711. The minimum atomic E-state index is -1.63. The van der Waals surface area contributed by atoms with Crippen LogP contribution in [0.5, 0.6) is 0 Å². The second-order valence-corrected chi connectivity index (χ2v) is 14.3. The highest BCUT2D eigenvalue weighted by Gasteiger charge is 2.55. The van der Waals surface area contributed by atoms with Gasteiger partial charge in [0, 0.05) is 0 Å². The Bertz CT molecular complexity index is 1140. The second kappa shape index (κ2) is 16.5. The molecule has 5 heterocycles. The van der Waals surface area contributed by atoms with E-state index in [1.807, 2.05) is 0 Å². The summed E-state index contributed by atoms with van der Waals surface area (Å²) in [4.78, 5) is 0. The molecule has 0 aromatic heterocycles. The molecule has 0 aromatic rings. The van der Waals surface area contributed by atoms with E-state index in [-0.39, 0.29) is 0 Å². The van der Waals surface area contributed by atoms with E-state index >= 15 is 0 Å². The molecule has 51 heavy (non-hydrogen) atoms. The van der Waals surface area contributed by atoms with Crippen LogP contribution in [0, 0.1) is 0 Å². The van der Waals surface area contributed by atoms with Crippen molar-refractivity contribution in [1.29, 1.82) is 0 Å². The van der Waals surface area contributed by atoms with Crippen molar-refractivity contribution in [2.24, 2.45) is 28.7 Å². The monoisotopic (exact) mass is 743 g/mol. The topological polar surface area (TPSA) is 355 Å². The van der Waals surface area contributed by atoms with Gasteiger partial charge in [0.2, 0.25) is 0 Å². The summed E-state index contributed by atoms with van der Waals surface area (Å²) in [5.41, 5.74) is 30.6. The highest BCUT2D eigenvalue weighted by molar-refractivity contribution is 4.99. The summed E-state index contributed by atoms with van der Waals surface area (Å²) in [5, 5.41) is 76.6. The summed E-state index contributed by atoms with van der Waals surface area (Å²) in [6.07, 6.45) is -26.6. The highest BCUT2D eigenvalue weighted by Crippen LogP contribution is 2.35. The number of ether oxygens (including phenoxy) is 9. The largest absolute Gasteiger partial charge is 0.388 e. The van der Waals surface area contributed by atoms with Crippen molar-refractivity contribution in [3.05, 3.63) is 0 Å². The standard InChI is InChI=1S/C30H57N5O16/c1-6-12(32)17(37)22(26(42)43-6)48-28-24(19(39)14(34)8(3)45-28)50-30-25(20(40)15(35)10(5)47-30)51-29-23(18(38)13(33)9(4)46-29)49-27-21(41)16(36)11(31)7(2)44-27/h6-30,36-42H,31-35H2,1-5H3/t6-,7-,8-,9-,10-,11-,12-,13-,14-,15-,16+,17+,18+,19+,20+,21+,22+,23+,24+,25+,26+,27-,28-,29-,30-/m1/s1. The van der Waals surface area contributed by atoms with Crippen LogP contribution >= 0.6 is 0 Å². The molecule has 0 saturated carbocycles. The van der Waals surface area contributed by atoms with E-state index in [1.54, 1.807) is 34.6 Å². The summed E-state index contributed by atoms with van der Waals surface area (Å²) < 4.78 is 53.4. The van der Waals surface area contributed by atoms with Gasteiger partial charge in [-0.25, -0.2) is 0 Å². The average Bonchev–Trinajstić information content (AvgIpc) is 3.08. The first-order valence-electron chi connectivity index (χ1n) is 17.3. The Kier molecular flexibility index (Phi) is 13.4. The van der Waals surface area contributed by atoms with Gasteiger partial charge in [0.05, 0.1) is 60.7 Å². The molecule has 5 aliphatic heterocycles. The van der Waals surface area contributed by atoms with Crippen molar-refractivity contribution in [2.45, 2.75) is 188 Å². The quantitative estimate of drug-likeness (QED) is 0.110. The molecule has 298 valence electrons. The maximum absolute atomic E-state index is 11.4. The zero-order valence-corrected chi connectivity index (χ0v) is 29.1. The van der Waals surface area contributed by atoms with Gasteiger partial charge < -0.3 is 107 Å². The molecule has 5 fully saturated rings. The third kappa shape index (κ3) is 8.24. The van der Waals surface area contributed by atoms with Crippen LogP contribution in [0.25, 0.3) is 0 Å². The first-order chi connectivity index (χ1) is 23.8. The normalized spacial score (nSPS) is 57.2. The van der Waals surface area contributed by atoms with E-state index in [1.165, 1.54) is 0 Å². The van der Waals surface area contributed by atoms with Gasteiger partial charge in [-0.15, -0.1) is 0 Å². The zero-order chi connectivity index (χ0) is 37.8. The van der Waals surface area contributed by atoms with Gasteiger partial charge in [0.25, 0.3) is 0 Å².